The van der Waals surface area contributed by atoms with Crippen LogP contribution in [-0.2, 0) is 16.8 Å². The standard InChI is InChI=1S/C15H19N3O3S/c1-2-18(11-12-3-5-13(16)6-4-12)14-7-9-15(10-8-14)21-22(17,19)20/h3-10H,2,11,16H2,1H3,(H2,17,19,20). The summed E-state index contributed by atoms with van der Waals surface area (Å²) in [5.41, 5.74) is 8.51. The van der Waals surface area contributed by atoms with Crippen LogP contribution in [0.1, 0.15) is 12.5 Å². The predicted octanol–water partition coefficient (Wildman–Crippen LogP) is 1.88. The number of rotatable bonds is 6. The first-order valence-corrected chi connectivity index (χ1v) is 8.26. The molecular weight excluding hydrogens is 302 g/mol. The van der Waals surface area contributed by atoms with Gasteiger partial charge in [0, 0.05) is 24.5 Å². The van der Waals surface area contributed by atoms with Crippen molar-refractivity contribution in [2.75, 3.05) is 17.2 Å². The van der Waals surface area contributed by atoms with Crippen molar-refractivity contribution in [1.82, 2.24) is 0 Å². The van der Waals surface area contributed by atoms with E-state index in [1.54, 1.807) is 24.3 Å². The molecule has 0 bridgehead atoms. The zero-order chi connectivity index (χ0) is 16.2. The maximum Gasteiger partial charge on any atom is 0.380 e. The number of anilines is 2. The van der Waals surface area contributed by atoms with Crippen LogP contribution in [0.15, 0.2) is 48.5 Å². The van der Waals surface area contributed by atoms with E-state index < -0.39 is 10.3 Å². The molecule has 0 fully saturated rings. The number of nitrogens with two attached hydrogens (primary N) is 2. The number of hydrogen-bond acceptors (Lipinski definition) is 5. The fourth-order valence-corrected chi connectivity index (χ4v) is 2.46. The van der Waals surface area contributed by atoms with Gasteiger partial charge >= 0.3 is 10.3 Å². The zero-order valence-electron chi connectivity index (χ0n) is 12.3. The third-order valence-electron chi connectivity index (χ3n) is 3.15. The van der Waals surface area contributed by atoms with Crippen LogP contribution in [0.5, 0.6) is 5.75 Å². The third kappa shape index (κ3) is 4.64. The molecule has 0 atom stereocenters. The Hall–Kier alpha value is -2.25. The lowest BCUT2D eigenvalue weighted by atomic mass is 10.2. The molecule has 2 aromatic carbocycles. The molecule has 0 aliphatic heterocycles. The van der Waals surface area contributed by atoms with E-state index in [-0.39, 0.29) is 5.75 Å². The lowest BCUT2D eigenvalue weighted by Crippen LogP contribution is -2.22. The van der Waals surface area contributed by atoms with Crippen molar-refractivity contribution in [3.05, 3.63) is 54.1 Å². The highest BCUT2D eigenvalue weighted by atomic mass is 32.2. The molecular formula is C15H19N3O3S. The molecule has 22 heavy (non-hydrogen) atoms. The highest BCUT2D eigenvalue weighted by Gasteiger charge is 2.08. The summed E-state index contributed by atoms with van der Waals surface area (Å²) in [6.07, 6.45) is 0. The minimum absolute atomic E-state index is 0.190. The van der Waals surface area contributed by atoms with E-state index in [0.29, 0.717) is 0 Å². The topological polar surface area (TPSA) is 98.6 Å². The van der Waals surface area contributed by atoms with Gasteiger partial charge in [-0.25, -0.2) is 0 Å². The van der Waals surface area contributed by atoms with Crippen LogP contribution in [0.3, 0.4) is 0 Å². The Morgan fingerprint density at radius 1 is 1.05 bits per heavy atom. The van der Waals surface area contributed by atoms with Gasteiger partial charge in [-0.1, -0.05) is 12.1 Å². The van der Waals surface area contributed by atoms with Crippen molar-refractivity contribution >= 4 is 21.7 Å². The Labute approximate surface area is 130 Å². The van der Waals surface area contributed by atoms with Crippen LogP contribution in [0.2, 0.25) is 0 Å². The number of nitrogen functional groups attached to an aromatic ring is 1. The molecule has 2 rings (SSSR count). The van der Waals surface area contributed by atoms with Gasteiger partial charge in [0.05, 0.1) is 0 Å². The van der Waals surface area contributed by atoms with Gasteiger partial charge in [-0.2, -0.15) is 13.6 Å². The predicted molar refractivity (Wildman–Crippen MR) is 87.8 cm³/mol. The summed E-state index contributed by atoms with van der Waals surface area (Å²) < 4.78 is 26.4. The minimum atomic E-state index is -3.99. The molecule has 0 saturated heterocycles. The Bertz CT molecular complexity index is 713. The Morgan fingerprint density at radius 3 is 2.14 bits per heavy atom. The molecule has 0 aromatic heterocycles. The van der Waals surface area contributed by atoms with Crippen molar-refractivity contribution in [1.29, 1.82) is 0 Å². The Balaban J connectivity index is 2.12. The van der Waals surface area contributed by atoms with Crippen molar-refractivity contribution in [3.63, 3.8) is 0 Å². The molecule has 0 aliphatic rings. The van der Waals surface area contributed by atoms with Crippen LogP contribution in [-0.4, -0.2) is 15.0 Å². The van der Waals surface area contributed by atoms with Crippen molar-refractivity contribution < 1.29 is 12.6 Å². The molecule has 118 valence electrons. The van der Waals surface area contributed by atoms with Gasteiger partial charge in [0.25, 0.3) is 0 Å². The summed E-state index contributed by atoms with van der Waals surface area (Å²) in [5.74, 6) is 0.190. The van der Waals surface area contributed by atoms with Crippen LogP contribution in [0.25, 0.3) is 0 Å². The summed E-state index contributed by atoms with van der Waals surface area (Å²) in [7, 11) is -3.99. The van der Waals surface area contributed by atoms with Gasteiger partial charge in [-0.15, -0.1) is 0 Å². The molecule has 0 spiro atoms. The SMILES string of the molecule is CCN(Cc1ccc(N)cc1)c1ccc(OS(N)(=O)=O)cc1. The van der Waals surface area contributed by atoms with E-state index in [1.807, 2.05) is 31.2 Å². The van der Waals surface area contributed by atoms with Gasteiger partial charge < -0.3 is 14.8 Å². The summed E-state index contributed by atoms with van der Waals surface area (Å²) in [6.45, 7) is 3.58. The van der Waals surface area contributed by atoms with Crippen molar-refractivity contribution in [2.45, 2.75) is 13.5 Å². The first-order valence-electron chi connectivity index (χ1n) is 6.79. The fourth-order valence-electron chi connectivity index (χ4n) is 2.08. The van der Waals surface area contributed by atoms with E-state index in [1.165, 1.54) is 0 Å². The lowest BCUT2D eigenvalue weighted by Gasteiger charge is -2.23. The smallest absolute Gasteiger partial charge is 0.380 e. The summed E-state index contributed by atoms with van der Waals surface area (Å²) in [6, 6.07) is 14.4. The second-order valence-corrected chi connectivity index (χ2v) is 5.98. The average Bonchev–Trinajstić information content (AvgIpc) is 2.46. The van der Waals surface area contributed by atoms with E-state index in [0.717, 1.165) is 30.0 Å². The molecule has 0 radical (unpaired) electrons. The highest BCUT2D eigenvalue weighted by Crippen LogP contribution is 2.22. The molecule has 7 heteroatoms. The largest absolute Gasteiger partial charge is 0.399 e. The number of hydrogen-bond donors (Lipinski definition) is 2. The van der Waals surface area contributed by atoms with Gasteiger partial charge in [-0.05, 0) is 48.9 Å². The summed E-state index contributed by atoms with van der Waals surface area (Å²) in [4.78, 5) is 2.15. The summed E-state index contributed by atoms with van der Waals surface area (Å²) >= 11 is 0. The van der Waals surface area contributed by atoms with Gasteiger partial charge in [0.1, 0.15) is 5.75 Å². The zero-order valence-corrected chi connectivity index (χ0v) is 13.1. The first-order chi connectivity index (χ1) is 10.4. The van der Waals surface area contributed by atoms with E-state index in [9.17, 15) is 8.42 Å². The Kier molecular flexibility index (Phi) is 4.89. The Morgan fingerprint density at radius 2 is 1.64 bits per heavy atom. The fraction of sp³-hybridized carbons (Fsp3) is 0.200. The van der Waals surface area contributed by atoms with Crippen LogP contribution in [0.4, 0.5) is 11.4 Å². The maximum atomic E-state index is 10.9. The molecule has 0 heterocycles. The number of nitrogens with zero attached hydrogens (tertiary/aromatic N) is 1. The second-order valence-electron chi connectivity index (χ2n) is 4.83. The third-order valence-corrected chi connectivity index (χ3v) is 3.57. The van der Waals surface area contributed by atoms with Crippen LogP contribution >= 0.6 is 0 Å². The van der Waals surface area contributed by atoms with E-state index >= 15 is 0 Å². The van der Waals surface area contributed by atoms with Gasteiger partial charge in [0.15, 0.2) is 0 Å². The van der Waals surface area contributed by atoms with Gasteiger partial charge in [0.2, 0.25) is 0 Å². The van der Waals surface area contributed by atoms with Crippen molar-refractivity contribution in [2.24, 2.45) is 5.14 Å². The van der Waals surface area contributed by atoms with E-state index in [4.69, 9.17) is 10.9 Å². The molecule has 6 nitrogen and oxygen atoms in total. The van der Waals surface area contributed by atoms with Crippen LogP contribution < -0.4 is 20.0 Å². The molecule has 4 N–H and O–H groups in total. The molecule has 0 unspecified atom stereocenters. The minimum Gasteiger partial charge on any atom is -0.399 e. The first kappa shape index (κ1) is 16.1. The normalized spacial score (nSPS) is 11.2. The second kappa shape index (κ2) is 6.67. The molecule has 2 aromatic rings. The van der Waals surface area contributed by atoms with Crippen LogP contribution in [0, 0.1) is 0 Å². The molecule has 0 saturated carbocycles. The molecule has 0 aliphatic carbocycles. The van der Waals surface area contributed by atoms with Crippen molar-refractivity contribution in [3.8, 4) is 5.75 Å². The quantitative estimate of drug-likeness (QED) is 0.791. The average molecular weight is 321 g/mol. The number of benzene rings is 2. The molecule has 0 amide bonds. The van der Waals surface area contributed by atoms with Gasteiger partial charge in [-0.3, -0.25) is 0 Å². The lowest BCUT2D eigenvalue weighted by molar-refractivity contribution is 0.488. The maximum absolute atomic E-state index is 10.9. The highest BCUT2D eigenvalue weighted by molar-refractivity contribution is 7.84. The summed E-state index contributed by atoms with van der Waals surface area (Å²) in [5, 5.41) is 4.84. The van der Waals surface area contributed by atoms with E-state index in [2.05, 4.69) is 9.08 Å². The monoisotopic (exact) mass is 321 g/mol.